The fourth-order valence-corrected chi connectivity index (χ4v) is 3.62. The molecule has 0 aliphatic carbocycles. The number of hydrogen-bond acceptors (Lipinski definition) is 4. The number of ether oxygens (including phenoxy) is 1. The molecule has 3 aromatic rings. The number of hydrogen-bond donors (Lipinski definition) is 1. The molecule has 0 spiro atoms. The van der Waals surface area contributed by atoms with Gasteiger partial charge in [-0.25, -0.2) is 4.98 Å². The molecule has 2 aromatic carbocycles. The molecule has 0 saturated carbocycles. The third kappa shape index (κ3) is 5.03. The summed E-state index contributed by atoms with van der Waals surface area (Å²) in [4.78, 5) is 16.6. The molecule has 0 saturated heterocycles. The zero-order valence-electron chi connectivity index (χ0n) is 14.3. The van der Waals surface area contributed by atoms with Crippen molar-refractivity contribution in [1.29, 1.82) is 0 Å². The third-order valence-corrected chi connectivity index (χ3v) is 4.92. The van der Waals surface area contributed by atoms with Gasteiger partial charge in [0.15, 0.2) is 0 Å². The van der Waals surface area contributed by atoms with Crippen LogP contribution >= 0.6 is 11.3 Å². The minimum atomic E-state index is 0.0495. The van der Waals surface area contributed by atoms with Gasteiger partial charge in [0.25, 0.3) is 0 Å². The first kappa shape index (κ1) is 17.4. The van der Waals surface area contributed by atoms with Crippen molar-refractivity contribution in [2.24, 2.45) is 0 Å². The number of carbonyl (C=O) groups is 1. The number of rotatable bonds is 8. The molecule has 0 aliphatic rings. The third-order valence-electron chi connectivity index (χ3n) is 3.83. The number of nitrogens with zero attached hydrogens (tertiary/aromatic N) is 1. The van der Waals surface area contributed by atoms with Crippen LogP contribution in [0.1, 0.15) is 23.9 Å². The Kier molecular flexibility index (Phi) is 6.01. The monoisotopic (exact) mass is 354 g/mol. The zero-order valence-corrected chi connectivity index (χ0v) is 15.1. The van der Waals surface area contributed by atoms with Crippen LogP contribution in [0.15, 0.2) is 48.5 Å². The first-order valence-electron chi connectivity index (χ1n) is 8.57. The summed E-state index contributed by atoms with van der Waals surface area (Å²) in [7, 11) is 0. The summed E-state index contributed by atoms with van der Waals surface area (Å²) in [5.41, 5.74) is 2.05. The summed E-state index contributed by atoms with van der Waals surface area (Å²) in [6.45, 7) is 3.27. The van der Waals surface area contributed by atoms with Crippen LogP contribution in [-0.2, 0) is 17.6 Å². The van der Waals surface area contributed by atoms with Crippen molar-refractivity contribution in [3.05, 3.63) is 59.1 Å². The van der Waals surface area contributed by atoms with Gasteiger partial charge in [0.2, 0.25) is 5.91 Å². The maximum Gasteiger partial charge on any atom is 0.224 e. The molecule has 1 amide bonds. The van der Waals surface area contributed by atoms with Gasteiger partial charge in [-0.3, -0.25) is 4.79 Å². The normalized spacial score (nSPS) is 10.8. The lowest BCUT2D eigenvalue weighted by atomic mass is 10.1. The second-order valence-electron chi connectivity index (χ2n) is 5.78. The Morgan fingerprint density at radius 2 is 1.96 bits per heavy atom. The Hall–Kier alpha value is -2.40. The first-order chi connectivity index (χ1) is 12.2. The highest BCUT2D eigenvalue weighted by atomic mass is 32.1. The van der Waals surface area contributed by atoms with Crippen LogP contribution in [0, 0.1) is 0 Å². The lowest BCUT2D eigenvalue weighted by Crippen LogP contribution is -2.26. The SMILES string of the molecule is CCOc1ccc(CC(=O)NCCCc2nc3ccccc3s2)cc1. The molecule has 0 aliphatic heterocycles. The Balaban J connectivity index is 1.40. The van der Waals surface area contributed by atoms with Crippen molar-refractivity contribution >= 4 is 27.5 Å². The second kappa shape index (κ2) is 8.62. The zero-order chi connectivity index (χ0) is 17.5. The van der Waals surface area contributed by atoms with E-state index in [4.69, 9.17) is 4.74 Å². The van der Waals surface area contributed by atoms with E-state index in [1.54, 1.807) is 11.3 Å². The van der Waals surface area contributed by atoms with Crippen molar-refractivity contribution in [2.75, 3.05) is 13.2 Å². The summed E-state index contributed by atoms with van der Waals surface area (Å²) >= 11 is 1.73. The molecule has 1 aromatic heterocycles. The van der Waals surface area contributed by atoms with Crippen LogP contribution < -0.4 is 10.1 Å². The number of amides is 1. The highest BCUT2D eigenvalue weighted by molar-refractivity contribution is 7.18. The molecule has 0 bridgehead atoms. The standard InChI is InChI=1S/C20H22N2O2S/c1-2-24-16-11-9-15(10-12-16)14-19(23)21-13-5-8-20-22-17-6-3-4-7-18(17)25-20/h3-4,6-7,9-12H,2,5,8,13-14H2,1H3,(H,21,23). The highest BCUT2D eigenvalue weighted by Gasteiger charge is 2.05. The molecule has 0 fully saturated rings. The summed E-state index contributed by atoms with van der Waals surface area (Å²) in [6.07, 6.45) is 2.19. The van der Waals surface area contributed by atoms with Crippen LogP contribution in [0.2, 0.25) is 0 Å². The lowest BCUT2D eigenvalue weighted by molar-refractivity contribution is -0.120. The minimum Gasteiger partial charge on any atom is -0.494 e. The predicted molar refractivity (Wildman–Crippen MR) is 102 cm³/mol. The van der Waals surface area contributed by atoms with Crippen molar-refractivity contribution in [1.82, 2.24) is 10.3 Å². The van der Waals surface area contributed by atoms with Gasteiger partial charge in [-0.1, -0.05) is 24.3 Å². The molecule has 3 rings (SSSR count). The average molecular weight is 354 g/mol. The van der Waals surface area contributed by atoms with Gasteiger partial charge in [0, 0.05) is 13.0 Å². The van der Waals surface area contributed by atoms with E-state index in [9.17, 15) is 4.79 Å². The van der Waals surface area contributed by atoms with Gasteiger partial charge in [-0.2, -0.15) is 0 Å². The molecular weight excluding hydrogens is 332 g/mol. The minimum absolute atomic E-state index is 0.0495. The Morgan fingerprint density at radius 3 is 2.72 bits per heavy atom. The van der Waals surface area contributed by atoms with Crippen LogP contribution in [0.4, 0.5) is 0 Å². The lowest BCUT2D eigenvalue weighted by Gasteiger charge is -2.06. The van der Waals surface area contributed by atoms with E-state index in [1.807, 2.05) is 49.4 Å². The van der Waals surface area contributed by atoms with Gasteiger partial charge in [0.05, 0.1) is 28.3 Å². The van der Waals surface area contributed by atoms with Crippen molar-refractivity contribution in [3.63, 3.8) is 0 Å². The fourth-order valence-electron chi connectivity index (χ4n) is 2.61. The van der Waals surface area contributed by atoms with E-state index in [0.29, 0.717) is 19.6 Å². The van der Waals surface area contributed by atoms with Crippen molar-refractivity contribution in [3.8, 4) is 5.75 Å². The second-order valence-corrected chi connectivity index (χ2v) is 6.90. The van der Waals surface area contributed by atoms with E-state index in [0.717, 1.165) is 34.7 Å². The molecule has 130 valence electrons. The van der Waals surface area contributed by atoms with E-state index in [2.05, 4.69) is 16.4 Å². The predicted octanol–water partition coefficient (Wildman–Crippen LogP) is 3.99. The van der Waals surface area contributed by atoms with E-state index < -0.39 is 0 Å². The Labute approximate surface area is 151 Å². The molecule has 1 N–H and O–H groups in total. The Morgan fingerprint density at radius 1 is 1.16 bits per heavy atom. The van der Waals surface area contributed by atoms with E-state index in [1.165, 1.54) is 4.70 Å². The molecule has 0 unspecified atom stereocenters. The van der Waals surface area contributed by atoms with Crippen molar-refractivity contribution < 1.29 is 9.53 Å². The number of aromatic nitrogens is 1. The first-order valence-corrected chi connectivity index (χ1v) is 9.39. The average Bonchev–Trinajstić information content (AvgIpc) is 3.03. The summed E-state index contributed by atoms with van der Waals surface area (Å²) in [5, 5.41) is 4.11. The molecule has 4 nitrogen and oxygen atoms in total. The number of nitrogens with one attached hydrogen (secondary N) is 1. The fraction of sp³-hybridized carbons (Fsp3) is 0.300. The Bertz CT molecular complexity index is 794. The molecule has 0 atom stereocenters. The van der Waals surface area contributed by atoms with Crippen LogP contribution in [-0.4, -0.2) is 24.0 Å². The highest BCUT2D eigenvalue weighted by Crippen LogP contribution is 2.22. The van der Waals surface area contributed by atoms with Gasteiger partial charge >= 0.3 is 0 Å². The maximum atomic E-state index is 12.0. The number of fused-ring (bicyclic) bond motifs is 1. The van der Waals surface area contributed by atoms with Crippen LogP contribution in [0.5, 0.6) is 5.75 Å². The molecule has 5 heteroatoms. The molecule has 25 heavy (non-hydrogen) atoms. The number of aryl methyl sites for hydroxylation is 1. The smallest absolute Gasteiger partial charge is 0.224 e. The van der Waals surface area contributed by atoms with Gasteiger partial charge < -0.3 is 10.1 Å². The number of carbonyl (C=O) groups excluding carboxylic acids is 1. The van der Waals surface area contributed by atoms with Gasteiger partial charge in [0.1, 0.15) is 5.75 Å². The summed E-state index contributed by atoms with van der Waals surface area (Å²) in [6, 6.07) is 15.8. The van der Waals surface area contributed by atoms with E-state index >= 15 is 0 Å². The number of thiazole rings is 1. The molecule has 0 radical (unpaired) electrons. The maximum absolute atomic E-state index is 12.0. The van der Waals surface area contributed by atoms with Crippen LogP contribution in [0.25, 0.3) is 10.2 Å². The molecule has 1 heterocycles. The largest absolute Gasteiger partial charge is 0.494 e. The number of benzene rings is 2. The van der Waals surface area contributed by atoms with Crippen LogP contribution in [0.3, 0.4) is 0 Å². The summed E-state index contributed by atoms with van der Waals surface area (Å²) < 4.78 is 6.62. The molecular formula is C20H22N2O2S. The topological polar surface area (TPSA) is 51.2 Å². The quantitative estimate of drug-likeness (QED) is 0.622. The summed E-state index contributed by atoms with van der Waals surface area (Å²) in [5.74, 6) is 0.885. The van der Waals surface area contributed by atoms with E-state index in [-0.39, 0.29) is 5.91 Å². The van der Waals surface area contributed by atoms with Crippen molar-refractivity contribution in [2.45, 2.75) is 26.2 Å². The van der Waals surface area contributed by atoms with Gasteiger partial charge in [-0.15, -0.1) is 11.3 Å². The van der Waals surface area contributed by atoms with Gasteiger partial charge in [-0.05, 0) is 43.2 Å². The number of para-hydroxylation sites is 1.